The highest BCUT2D eigenvalue weighted by Gasteiger charge is 2.56. The average molecular weight is 437 g/mol. The zero-order valence-electron chi connectivity index (χ0n) is 18.6. The van der Waals surface area contributed by atoms with Gasteiger partial charge in [-0.15, -0.1) is 0 Å². The van der Waals surface area contributed by atoms with Crippen LogP contribution in [0.2, 0.25) is 0 Å². The Bertz CT molecular complexity index is 1020. The van der Waals surface area contributed by atoms with Crippen molar-refractivity contribution in [1.29, 1.82) is 0 Å². The highest BCUT2D eigenvalue weighted by molar-refractivity contribution is 5.91. The van der Waals surface area contributed by atoms with E-state index in [2.05, 4.69) is 6.58 Å². The molecule has 6 nitrogen and oxygen atoms in total. The molecule has 2 fully saturated rings. The molecule has 1 aromatic carbocycles. The normalized spacial score (nSPS) is 31.7. The van der Waals surface area contributed by atoms with Crippen LogP contribution >= 0.6 is 0 Å². The molecule has 0 bridgehead atoms. The first-order chi connectivity index (χ1) is 15.2. The van der Waals surface area contributed by atoms with Crippen LogP contribution < -0.4 is 0 Å². The SMILES string of the molecule is C=C1C(=O)OC2C3=C(C)C(OC(=O)C=Cc4ccccc4)CC3C(C)(OC(C)=O)CCC12. The van der Waals surface area contributed by atoms with Crippen molar-refractivity contribution in [3.05, 3.63) is 65.3 Å². The van der Waals surface area contributed by atoms with E-state index in [-0.39, 0.29) is 23.8 Å². The van der Waals surface area contributed by atoms with E-state index in [0.717, 1.165) is 16.7 Å². The van der Waals surface area contributed by atoms with Gasteiger partial charge in [0.05, 0.1) is 0 Å². The highest BCUT2D eigenvalue weighted by atomic mass is 16.6. The van der Waals surface area contributed by atoms with Crippen LogP contribution in [-0.4, -0.2) is 35.7 Å². The summed E-state index contributed by atoms with van der Waals surface area (Å²) in [6.07, 6.45) is 3.86. The van der Waals surface area contributed by atoms with Gasteiger partial charge in [0, 0.05) is 30.4 Å². The highest BCUT2D eigenvalue weighted by Crippen LogP contribution is 2.53. The molecule has 0 radical (unpaired) electrons. The molecule has 1 heterocycles. The Hall–Kier alpha value is -3.15. The summed E-state index contributed by atoms with van der Waals surface area (Å²) in [6, 6.07) is 9.50. The monoisotopic (exact) mass is 436 g/mol. The molecule has 32 heavy (non-hydrogen) atoms. The Morgan fingerprint density at radius 1 is 1.25 bits per heavy atom. The smallest absolute Gasteiger partial charge is 0.334 e. The van der Waals surface area contributed by atoms with Gasteiger partial charge in [0.25, 0.3) is 0 Å². The van der Waals surface area contributed by atoms with Gasteiger partial charge < -0.3 is 14.2 Å². The molecular formula is C26H28O6. The Labute approximate surface area is 187 Å². The maximum Gasteiger partial charge on any atom is 0.334 e. The third-order valence-electron chi connectivity index (χ3n) is 6.91. The fourth-order valence-electron chi connectivity index (χ4n) is 5.30. The molecule has 1 aliphatic heterocycles. The van der Waals surface area contributed by atoms with Crippen LogP contribution in [0.4, 0.5) is 0 Å². The summed E-state index contributed by atoms with van der Waals surface area (Å²) >= 11 is 0. The third-order valence-corrected chi connectivity index (χ3v) is 6.91. The van der Waals surface area contributed by atoms with Crippen molar-refractivity contribution in [3.63, 3.8) is 0 Å². The minimum Gasteiger partial charge on any atom is -0.459 e. The molecule has 1 aromatic rings. The van der Waals surface area contributed by atoms with Gasteiger partial charge in [0.15, 0.2) is 0 Å². The molecule has 6 heteroatoms. The van der Waals surface area contributed by atoms with Crippen molar-refractivity contribution >= 4 is 24.0 Å². The third kappa shape index (κ3) is 4.01. The number of ether oxygens (including phenoxy) is 3. The molecular weight excluding hydrogens is 408 g/mol. The Balaban J connectivity index is 1.62. The maximum absolute atomic E-state index is 12.5. The lowest BCUT2D eigenvalue weighted by Gasteiger charge is -2.35. The number of hydrogen-bond donors (Lipinski definition) is 0. The summed E-state index contributed by atoms with van der Waals surface area (Å²) in [6.45, 7) is 9.14. The molecule has 1 saturated carbocycles. The fourth-order valence-corrected chi connectivity index (χ4v) is 5.30. The van der Waals surface area contributed by atoms with Gasteiger partial charge in [0.1, 0.15) is 17.8 Å². The Kier molecular flexibility index (Phi) is 5.80. The number of rotatable bonds is 4. The van der Waals surface area contributed by atoms with Gasteiger partial charge in [-0.05, 0) is 55.9 Å². The van der Waals surface area contributed by atoms with Crippen LogP contribution in [0, 0.1) is 11.8 Å². The van der Waals surface area contributed by atoms with E-state index in [9.17, 15) is 14.4 Å². The molecule has 1 saturated heterocycles. The molecule has 3 aliphatic rings. The number of carbonyl (C=O) groups excluding carboxylic acids is 3. The van der Waals surface area contributed by atoms with E-state index in [0.29, 0.717) is 24.8 Å². The van der Waals surface area contributed by atoms with Crippen LogP contribution in [0.5, 0.6) is 0 Å². The van der Waals surface area contributed by atoms with Gasteiger partial charge in [-0.2, -0.15) is 0 Å². The molecule has 2 aliphatic carbocycles. The fraction of sp³-hybridized carbons (Fsp3) is 0.423. The second-order valence-corrected chi connectivity index (χ2v) is 9.00. The number of hydrogen-bond acceptors (Lipinski definition) is 6. The van der Waals surface area contributed by atoms with Gasteiger partial charge in [-0.25, -0.2) is 9.59 Å². The first-order valence-electron chi connectivity index (χ1n) is 10.9. The van der Waals surface area contributed by atoms with Crippen LogP contribution in [0.15, 0.2) is 59.7 Å². The van der Waals surface area contributed by atoms with Gasteiger partial charge in [-0.3, -0.25) is 4.79 Å². The quantitative estimate of drug-likeness (QED) is 0.305. The topological polar surface area (TPSA) is 78.9 Å². The minimum absolute atomic E-state index is 0.167. The minimum atomic E-state index is -0.777. The molecule has 0 spiro atoms. The lowest BCUT2D eigenvalue weighted by atomic mass is 9.81. The van der Waals surface area contributed by atoms with Crippen LogP contribution in [0.25, 0.3) is 6.08 Å². The first kappa shape index (κ1) is 22.1. The van der Waals surface area contributed by atoms with Crippen molar-refractivity contribution in [1.82, 2.24) is 0 Å². The van der Waals surface area contributed by atoms with Crippen molar-refractivity contribution in [2.24, 2.45) is 11.8 Å². The molecule has 0 N–H and O–H groups in total. The zero-order valence-corrected chi connectivity index (χ0v) is 18.6. The largest absolute Gasteiger partial charge is 0.459 e. The van der Waals surface area contributed by atoms with E-state index in [1.165, 1.54) is 13.0 Å². The summed E-state index contributed by atoms with van der Waals surface area (Å²) in [4.78, 5) is 36.7. The van der Waals surface area contributed by atoms with Crippen LogP contribution in [0.1, 0.15) is 45.6 Å². The van der Waals surface area contributed by atoms with Gasteiger partial charge in [-0.1, -0.05) is 36.9 Å². The van der Waals surface area contributed by atoms with E-state index in [1.54, 1.807) is 6.08 Å². The predicted molar refractivity (Wildman–Crippen MR) is 118 cm³/mol. The molecule has 168 valence electrons. The zero-order chi connectivity index (χ0) is 23.0. The van der Waals surface area contributed by atoms with Crippen molar-refractivity contribution in [3.8, 4) is 0 Å². The lowest BCUT2D eigenvalue weighted by molar-refractivity contribution is -0.162. The average Bonchev–Trinajstić information content (AvgIpc) is 3.17. The first-order valence-corrected chi connectivity index (χ1v) is 10.9. The standard InChI is InChI=1S/C26H28O6/c1-15-19-12-13-26(4,32-17(3)27)20-14-21(16(2)23(20)24(19)31-25(15)29)30-22(28)11-10-18-8-6-5-7-9-18/h5-11,19-21,24H,1,12-14H2,2-4H3. The molecule has 4 rings (SSSR count). The van der Waals surface area contributed by atoms with Gasteiger partial charge >= 0.3 is 17.9 Å². The molecule has 5 atom stereocenters. The summed E-state index contributed by atoms with van der Waals surface area (Å²) in [5, 5.41) is 0. The summed E-state index contributed by atoms with van der Waals surface area (Å²) in [7, 11) is 0. The van der Waals surface area contributed by atoms with Crippen LogP contribution in [-0.2, 0) is 28.6 Å². The summed E-state index contributed by atoms with van der Waals surface area (Å²) < 4.78 is 17.3. The predicted octanol–water partition coefficient (Wildman–Crippen LogP) is 4.16. The van der Waals surface area contributed by atoms with E-state index >= 15 is 0 Å². The van der Waals surface area contributed by atoms with E-state index in [4.69, 9.17) is 14.2 Å². The van der Waals surface area contributed by atoms with E-state index in [1.807, 2.05) is 44.2 Å². The van der Waals surface area contributed by atoms with Crippen molar-refractivity contribution < 1.29 is 28.6 Å². The van der Waals surface area contributed by atoms with E-state index < -0.39 is 23.8 Å². The van der Waals surface area contributed by atoms with Crippen molar-refractivity contribution in [2.75, 3.05) is 0 Å². The second kappa shape index (κ2) is 8.41. The molecule has 0 amide bonds. The number of fused-ring (bicyclic) bond motifs is 3. The van der Waals surface area contributed by atoms with Crippen molar-refractivity contribution in [2.45, 2.75) is 57.8 Å². The molecule has 5 unspecified atom stereocenters. The summed E-state index contributed by atoms with van der Waals surface area (Å²) in [5.74, 6) is -1.58. The molecule has 0 aromatic heterocycles. The van der Waals surface area contributed by atoms with Crippen LogP contribution in [0.3, 0.4) is 0 Å². The number of carbonyl (C=O) groups is 3. The maximum atomic E-state index is 12.5. The Morgan fingerprint density at radius 3 is 2.66 bits per heavy atom. The number of esters is 3. The summed E-state index contributed by atoms with van der Waals surface area (Å²) in [5.41, 5.74) is 2.33. The number of benzene rings is 1. The second-order valence-electron chi connectivity index (χ2n) is 9.00. The van der Waals surface area contributed by atoms with Gasteiger partial charge in [0.2, 0.25) is 0 Å². The lowest BCUT2D eigenvalue weighted by Crippen LogP contribution is -2.40. The Morgan fingerprint density at radius 2 is 1.97 bits per heavy atom.